The molecule has 0 radical (unpaired) electrons. The van der Waals surface area contributed by atoms with Crippen LogP contribution in [0.1, 0.15) is 16.1 Å². The van der Waals surface area contributed by atoms with E-state index >= 15 is 0 Å². The smallest absolute Gasteiger partial charge is 0.335 e. The minimum Gasteiger partial charge on any atom is -0.478 e. The summed E-state index contributed by atoms with van der Waals surface area (Å²) in [6, 6.07) is 6.38. The number of hydrogen-bond donors (Lipinski definition) is 4. The normalized spacial score (nSPS) is 10.4. The number of anilines is 3. The Kier molecular flexibility index (Phi) is 5.24. The molecule has 0 unspecified atom stereocenters. The number of benzene rings is 1. The van der Waals surface area contributed by atoms with Gasteiger partial charge in [0.2, 0.25) is 5.95 Å². The number of aromatic amines is 1. The lowest BCUT2D eigenvalue weighted by Gasteiger charge is -2.10. The van der Waals surface area contributed by atoms with Crippen molar-refractivity contribution in [1.29, 1.82) is 0 Å². The molecule has 0 amide bonds. The lowest BCUT2D eigenvalue weighted by molar-refractivity contribution is 0.0697. The summed E-state index contributed by atoms with van der Waals surface area (Å²) in [4.78, 5) is 26.5. The molecule has 4 N–H and O–H groups in total. The molecule has 25 heavy (non-hydrogen) atoms. The van der Waals surface area contributed by atoms with Gasteiger partial charge >= 0.3 is 5.97 Å². The first-order chi connectivity index (χ1) is 12.1. The molecule has 0 bridgehead atoms. The molecule has 2 heterocycles. The minimum absolute atomic E-state index is 0.225. The summed E-state index contributed by atoms with van der Waals surface area (Å²) in [6.45, 7) is 0.685. The van der Waals surface area contributed by atoms with Crippen LogP contribution in [-0.4, -0.2) is 37.6 Å². The standard InChI is InChI=1S/C16H15BrN6O2/c17-13-8-20-16(22-11-3-1-10(2-4-11)15(24)25)23-14(13)19-6-5-12-7-18-9-21-12/h1-4,7-9H,5-6H2,(H,18,21)(H,24,25)(H2,19,20,22,23). The first-order valence-electron chi connectivity index (χ1n) is 7.46. The molecule has 0 aliphatic heterocycles. The molecule has 0 spiro atoms. The lowest BCUT2D eigenvalue weighted by Crippen LogP contribution is -2.09. The van der Waals surface area contributed by atoms with Crippen LogP contribution in [0.25, 0.3) is 0 Å². The van der Waals surface area contributed by atoms with Crippen molar-refractivity contribution in [3.8, 4) is 0 Å². The quantitative estimate of drug-likeness (QED) is 0.479. The number of nitrogens with one attached hydrogen (secondary N) is 3. The van der Waals surface area contributed by atoms with Gasteiger partial charge in [-0.05, 0) is 40.2 Å². The van der Waals surface area contributed by atoms with E-state index in [2.05, 4.69) is 46.5 Å². The number of halogens is 1. The molecule has 1 aromatic carbocycles. The largest absolute Gasteiger partial charge is 0.478 e. The number of imidazole rings is 1. The predicted octanol–water partition coefficient (Wildman–Crippen LogP) is 3.06. The van der Waals surface area contributed by atoms with E-state index in [-0.39, 0.29) is 5.56 Å². The van der Waals surface area contributed by atoms with Gasteiger partial charge in [-0.2, -0.15) is 4.98 Å². The number of hydrogen-bond acceptors (Lipinski definition) is 6. The van der Waals surface area contributed by atoms with E-state index in [0.717, 1.165) is 16.6 Å². The molecule has 0 aliphatic carbocycles. The highest BCUT2D eigenvalue weighted by Gasteiger charge is 2.07. The minimum atomic E-state index is -0.963. The Morgan fingerprint density at radius 3 is 2.72 bits per heavy atom. The van der Waals surface area contributed by atoms with Gasteiger partial charge in [-0.3, -0.25) is 0 Å². The first-order valence-corrected chi connectivity index (χ1v) is 8.25. The van der Waals surface area contributed by atoms with E-state index in [4.69, 9.17) is 5.11 Å². The summed E-state index contributed by atoms with van der Waals surface area (Å²) >= 11 is 3.42. The molecule has 0 atom stereocenters. The Bertz CT molecular complexity index is 852. The lowest BCUT2D eigenvalue weighted by atomic mass is 10.2. The van der Waals surface area contributed by atoms with Gasteiger partial charge in [0.15, 0.2) is 0 Å². The van der Waals surface area contributed by atoms with Crippen LogP contribution in [0.2, 0.25) is 0 Å². The van der Waals surface area contributed by atoms with Crippen molar-refractivity contribution in [2.75, 3.05) is 17.2 Å². The van der Waals surface area contributed by atoms with Crippen LogP contribution >= 0.6 is 15.9 Å². The van der Waals surface area contributed by atoms with Gasteiger partial charge in [0, 0.05) is 36.7 Å². The summed E-state index contributed by atoms with van der Waals surface area (Å²) in [5.41, 5.74) is 1.97. The van der Waals surface area contributed by atoms with Gasteiger partial charge in [-0.1, -0.05) is 0 Å². The van der Waals surface area contributed by atoms with E-state index in [1.807, 2.05) is 0 Å². The summed E-state index contributed by atoms with van der Waals surface area (Å²) in [5.74, 6) is 0.115. The number of carbonyl (C=O) groups is 1. The Hall–Kier alpha value is -2.94. The van der Waals surface area contributed by atoms with E-state index in [1.165, 1.54) is 12.1 Å². The third kappa shape index (κ3) is 4.54. The fourth-order valence-corrected chi connectivity index (χ4v) is 2.44. The molecule has 8 nitrogen and oxygen atoms in total. The summed E-state index contributed by atoms with van der Waals surface area (Å²) < 4.78 is 0.754. The first kappa shape index (κ1) is 16.9. The number of H-pyrrole nitrogens is 1. The monoisotopic (exact) mass is 402 g/mol. The topological polar surface area (TPSA) is 116 Å². The third-order valence-electron chi connectivity index (χ3n) is 3.37. The molecule has 128 valence electrons. The maximum absolute atomic E-state index is 10.9. The van der Waals surface area contributed by atoms with Crippen molar-refractivity contribution >= 4 is 39.4 Å². The zero-order chi connectivity index (χ0) is 17.6. The molecule has 0 fully saturated rings. The fourth-order valence-electron chi connectivity index (χ4n) is 2.11. The molecule has 0 aliphatic rings. The van der Waals surface area contributed by atoms with Gasteiger partial charge in [0.05, 0.1) is 16.4 Å². The van der Waals surface area contributed by atoms with Gasteiger partial charge in [0.1, 0.15) is 5.82 Å². The van der Waals surface area contributed by atoms with Gasteiger partial charge in [-0.15, -0.1) is 0 Å². The van der Waals surface area contributed by atoms with Gasteiger partial charge in [-0.25, -0.2) is 14.8 Å². The Morgan fingerprint density at radius 1 is 1.24 bits per heavy atom. The Labute approximate surface area is 151 Å². The SMILES string of the molecule is O=C(O)c1ccc(Nc2ncc(Br)c(NCCc3cnc[nH]3)n2)cc1. The van der Waals surface area contributed by atoms with Crippen LogP contribution in [-0.2, 0) is 6.42 Å². The summed E-state index contributed by atoms with van der Waals surface area (Å²) in [6.07, 6.45) is 5.87. The van der Waals surface area contributed by atoms with Crippen molar-refractivity contribution < 1.29 is 9.90 Å². The molecular formula is C16H15BrN6O2. The second kappa shape index (κ2) is 7.75. The highest BCUT2D eigenvalue weighted by atomic mass is 79.9. The molecule has 2 aromatic heterocycles. The maximum Gasteiger partial charge on any atom is 0.335 e. The van der Waals surface area contributed by atoms with E-state index in [9.17, 15) is 4.79 Å². The number of aromatic carboxylic acids is 1. The number of aromatic nitrogens is 4. The highest BCUT2D eigenvalue weighted by molar-refractivity contribution is 9.10. The van der Waals surface area contributed by atoms with Crippen LogP contribution in [0, 0.1) is 0 Å². The number of rotatable bonds is 7. The van der Waals surface area contributed by atoms with E-state index < -0.39 is 5.97 Å². The van der Waals surface area contributed by atoms with Gasteiger partial charge in [0.25, 0.3) is 0 Å². The Morgan fingerprint density at radius 2 is 2.04 bits per heavy atom. The second-order valence-corrected chi connectivity index (χ2v) is 6.01. The summed E-state index contributed by atoms with van der Waals surface area (Å²) in [5, 5.41) is 15.2. The highest BCUT2D eigenvalue weighted by Crippen LogP contribution is 2.22. The molecule has 3 rings (SSSR count). The van der Waals surface area contributed by atoms with Crippen LogP contribution in [0.4, 0.5) is 17.5 Å². The molecular weight excluding hydrogens is 388 g/mol. The van der Waals surface area contributed by atoms with Crippen molar-refractivity contribution in [2.24, 2.45) is 0 Å². The van der Waals surface area contributed by atoms with Crippen LogP contribution in [0.15, 0.2) is 47.5 Å². The average molecular weight is 403 g/mol. The second-order valence-electron chi connectivity index (χ2n) is 5.15. The fraction of sp³-hybridized carbons (Fsp3) is 0.125. The van der Waals surface area contributed by atoms with Gasteiger partial charge < -0.3 is 20.7 Å². The summed E-state index contributed by atoms with van der Waals surface area (Å²) in [7, 11) is 0. The van der Waals surface area contributed by atoms with E-state index in [1.54, 1.807) is 30.9 Å². The van der Waals surface area contributed by atoms with Crippen molar-refractivity contribution in [1.82, 2.24) is 19.9 Å². The van der Waals surface area contributed by atoms with Crippen LogP contribution in [0.3, 0.4) is 0 Å². The maximum atomic E-state index is 10.9. The third-order valence-corrected chi connectivity index (χ3v) is 3.95. The van der Waals surface area contributed by atoms with Crippen LogP contribution in [0.5, 0.6) is 0 Å². The number of nitrogens with zero attached hydrogens (tertiary/aromatic N) is 3. The van der Waals surface area contributed by atoms with Crippen molar-refractivity contribution in [3.63, 3.8) is 0 Å². The van der Waals surface area contributed by atoms with Crippen LogP contribution < -0.4 is 10.6 Å². The zero-order valence-corrected chi connectivity index (χ0v) is 14.6. The number of carboxylic acid groups (broad SMARTS) is 1. The van der Waals surface area contributed by atoms with Crippen molar-refractivity contribution in [2.45, 2.75) is 6.42 Å². The Balaban J connectivity index is 1.64. The van der Waals surface area contributed by atoms with Crippen molar-refractivity contribution in [3.05, 3.63) is 58.7 Å². The number of carboxylic acids is 1. The molecule has 9 heteroatoms. The molecule has 0 saturated heterocycles. The zero-order valence-electron chi connectivity index (χ0n) is 13.0. The van der Waals surface area contributed by atoms with E-state index in [0.29, 0.717) is 24.0 Å². The predicted molar refractivity (Wildman–Crippen MR) is 97.2 cm³/mol. The molecule has 3 aromatic rings. The molecule has 0 saturated carbocycles. The average Bonchev–Trinajstić information content (AvgIpc) is 3.11.